The summed E-state index contributed by atoms with van der Waals surface area (Å²) in [5.74, 6) is -3.54. The summed E-state index contributed by atoms with van der Waals surface area (Å²) < 4.78 is 0. The second-order valence-electron chi connectivity index (χ2n) is 1.57. The van der Waals surface area contributed by atoms with Crippen LogP contribution in [0.2, 0.25) is 0 Å². The van der Waals surface area contributed by atoms with Gasteiger partial charge in [-0.15, -0.1) is 0 Å². The normalized spacial score (nSPS) is 11.3. The first-order chi connectivity index (χ1) is 4.46. The van der Waals surface area contributed by atoms with E-state index in [-0.39, 0.29) is 133 Å². The average Bonchev–Trinajstić information content (AvgIpc) is 1.84. The molecule has 14 heavy (non-hydrogen) atoms. The fourth-order valence-corrected chi connectivity index (χ4v) is 0.270. The van der Waals surface area contributed by atoms with Crippen molar-refractivity contribution in [2.45, 2.75) is 12.2 Å². The van der Waals surface area contributed by atoms with Crippen molar-refractivity contribution >= 4 is 139 Å². The second-order valence-corrected chi connectivity index (χ2v) is 1.57. The summed E-state index contributed by atoms with van der Waals surface area (Å²) in [6, 6.07) is 0. The molecule has 0 fully saturated rings. The molecule has 0 bridgehead atoms. The summed E-state index contributed by atoms with van der Waals surface area (Å²) in [5, 5.41) is 32.5. The molecule has 0 aromatic rings. The molecule has 78 valence electrons. The third kappa shape index (κ3) is 13.0. The van der Waals surface area contributed by atoms with Gasteiger partial charge in [0.1, 0.15) is 0 Å². The molecule has 0 saturated carbocycles. The number of aliphatic hydroxyl groups excluding tert-OH is 2. The van der Waals surface area contributed by atoms with Gasteiger partial charge in [-0.2, -0.15) is 0 Å². The SMILES string of the molecule is O.O=C(O)C(O)C(O)C(=O)O.[KH].[KH].[SbH3]. The molecule has 0 spiro atoms. The van der Waals surface area contributed by atoms with Crippen LogP contribution in [0.1, 0.15) is 0 Å². The van der Waals surface area contributed by atoms with Gasteiger partial charge in [-0.25, -0.2) is 9.59 Å². The van der Waals surface area contributed by atoms with Crippen molar-refractivity contribution < 1.29 is 35.5 Å². The van der Waals surface area contributed by atoms with Crippen LogP contribution in [0.25, 0.3) is 0 Å². The Morgan fingerprint density at radius 1 is 0.857 bits per heavy atom. The van der Waals surface area contributed by atoms with Crippen LogP contribution in [-0.4, -0.2) is 177 Å². The number of hydrogen-bond acceptors (Lipinski definition) is 4. The van der Waals surface area contributed by atoms with E-state index in [1.165, 1.54) is 0 Å². The van der Waals surface area contributed by atoms with E-state index in [1.807, 2.05) is 0 Å². The number of aliphatic carboxylic acids is 2. The van der Waals surface area contributed by atoms with Crippen LogP contribution < -0.4 is 0 Å². The van der Waals surface area contributed by atoms with Crippen molar-refractivity contribution in [2.75, 3.05) is 0 Å². The molecule has 7 nitrogen and oxygen atoms in total. The number of aliphatic hydroxyl groups is 2. The molecule has 0 radical (unpaired) electrons. The maximum atomic E-state index is 9.77. The van der Waals surface area contributed by atoms with E-state index in [2.05, 4.69) is 0 Å². The zero-order valence-electron chi connectivity index (χ0n) is 5.97. The van der Waals surface area contributed by atoms with E-state index >= 15 is 0 Å². The summed E-state index contributed by atoms with van der Waals surface area (Å²) in [6.07, 6.45) is -4.53. The van der Waals surface area contributed by atoms with E-state index in [0.29, 0.717) is 0 Å². The van der Waals surface area contributed by atoms with Crippen molar-refractivity contribution in [3.05, 3.63) is 0 Å². The molecule has 0 aliphatic heterocycles. The minimum atomic E-state index is -2.27. The fourth-order valence-electron chi connectivity index (χ4n) is 0.270. The first-order valence-corrected chi connectivity index (χ1v) is 2.28. The molecule has 2 atom stereocenters. The van der Waals surface area contributed by atoms with Crippen molar-refractivity contribution in [1.29, 1.82) is 0 Å². The molecular formula is C4H13K2O7Sb. The molecule has 2 unspecified atom stereocenters. The van der Waals surface area contributed by atoms with Gasteiger partial charge < -0.3 is 25.9 Å². The van der Waals surface area contributed by atoms with Gasteiger partial charge >= 0.3 is 139 Å². The van der Waals surface area contributed by atoms with Gasteiger partial charge in [0.05, 0.1) is 0 Å². The van der Waals surface area contributed by atoms with E-state index in [0.717, 1.165) is 0 Å². The molecule has 0 aliphatic rings. The zero-order chi connectivity index (χ0) is 8.31. The number of carbonyl (C=O) groups is 2. The number of rotatable bonds is 3. The van der Waals surface area contributed by atoms with Crippen molar-refractivity contribution in [3.63, 3.8) is 0 Å². The quantitative estimate of drug-likeness (QED) is 0.363. The molecule has 0 aromatic carbocycles. The molecule has 0 aromatic heterocycles. The summed E-state index contributed by atoms with van der Waals surface area (Å²) >= 11 is 0. The fraction of sp³-hybridized carbons (Fsp3) is 0.500. The maximum absolute atomic E-state index is 9.77. The topological polar surface area (TPSA) is 147 Å². The molecule has 0 heterocycles. The molecule has 10 heteroatoms. The Morgan fingerprint density at radius 2 is 1.00 bits per heavy atom. The van der Waals surface area contributed by atoms with Crippen molar-refractivity contribution in [2.24, 2.45) is 0 Å². The Hall–Kier alpha value is 2.91. The second kappa shape index (κ2) is 15.9. The zero-order valence-corrected chi connectivity index (χ0v) is 10.0. The van der Waals surface area contributed by atoms with E-state index < -0.39 is 24.1 Å². The first kappa shape index (κ1) is 30.2. The van der Waals surface area contributed by atoms with E-state index in [4.69, 9.17) is 20.4 Å². The predicted molar refractivity (Wildman–Crippen MR) is 55.1 cm³/mol. The van der Waals surface area contributed by atoms with Crippen LogP contribution in [0.5, 0.6) is 0 Å². The monoisotopic (exact) mass is 372 g/mol. The molecular weight excluding hydrogens is 360 g/mol. The van der Waals surface area contributed by atoms with Crippen LogP contribution in [0.4, 0.5) is 0 Å². The van der Waals surface area contributed by atoms with Gasteiger partial charge in [0.25, 0.3) is 0 Å². The summed E-state index contributed by atoms with van der Waals surface area (Å²) in [5.41, 5.74) is 0. The van der Waals surface area contributed by atoms with E-state index in [9.17, 15) is 9.59 Å². The van der Waals surface area contributed by atoms with Gasteiger partial charge in [-0.3, -0.25) is 0 Å². The van der Waals surface area contributed by atoms with Crippen LogP contribution in [0.15, 0.2) is 0 Å². The van der Waals surface area contributed by atoms with E-state index in [1.54, 1.807) is 0 Å². The third-order valence-electron chi connectivity index (χ3n) is 0.805. The Labute approximate surface area is 182 Å². The van der Waals surface area contributed by atoms with Gasteiger partial charge in [-0.1, -0.05) is 0 Å². The molecule has 0 amide bonds. The summed E-state index contributed by atoms with van der Waals surface area (Å²) in [4.78, 5) is 19.5. The van der Waals surface area contributed by atoms with Crippen molar-refractivity contribution in [1.82, 2.24) is 0 Å². The van der Waals surface area contributed by atoms with Crippen LogP contribution in [0.3, 0.4) is 0 Å². The molecule has 0 aliphatic carbocycles. The van der Waals surface area contributed by atoms with Gasteiger partial charge in [0, 0.05) is 0 Å². The predicted octanol–water partition coefficient (Wildman–Crippen LogP) is -5.43. The average molecular weight is 373 g/mol. The summed E-state index contributed by atoms with van der Waals surface area (Å²) in [7, 11) is 0. The Kier molecular flexibility index (Phi) is 34.3. The Morgan fingerprint density at radius 3 is 1.07 bits per heavy atom. The number of carboxylic acid groups (broad SMARTS) is 2. The Bertz CT molecular complexity index is 148. The molecule has 0 rings (SSSR count). The number of carboxylic acids is 2. The number of hydrogen-bond donors (Lipinski definition) is 4. The third-order valence-corrected chi connectivity index (χ3v) is 0.805. The van der Waals surface area contributed by atoms with Gasteiger partial charge in [0.15, 0.2) is 12.2 Å². The first-order valence-electron chi connectivity index (χ1n) is 2.28. The minimum absolute atomic E-state index is 0. The Balaban J connectivity index is -0.0000000675. The van der Waals surface area contributed by atoms with Crippen LogP contribution in [-0.2, 0) is 9.59 Å². The van der Waals surface area contributed by atoms with Crippen molar-refractivity contribution in [3.8, 4) is 0 Å². The van der Waals surface area contributed by atoms with Gasteiger partial charge in [-0.05, 0) is 0 Å². The van der Waals surface area contributed by atoms with Crippen LogP contribution >= 0.6 is 0 Å². The van der Waals surface area contributed by atoms with Gasteiger partial charge in [0.2, 0.25) is 0 Å². The molecule has 6 N–H and O–H groups in total. The van der Waals surface area contributed by atoms with Crippen LogP contribution in [0, 0.1) is 0 Å². The summed E-state index contributed by atoms with van der Waals surface area (Å²) in [6.45, 7) is 0. The molecule has 0 saturated heterocycles. The standard InChI is InChI=1S/C4H6O6.2K.H2O.Sb.5H/c5-1(3(7)8)2(6)4(9)10;;;;;;;;;/h1-2,5-6H,(H,7,8)(H,9,10);;;1H2;;;;;;.